The zero-order chi connectivity index (χ0) is 18.5. The van der Waals surface area contributed by atoms with Gasteiger partial charge in [0, 0.05) is 24.6 Å². The molecule has 27 heavy (non-hydrogen) atoms. The van der Waals surface area contributed by atoms with Crippen LogP contribution >= 0.6 is 0 Å². The van der Waals surface area contributed by atoms with Crippen molar-refractivity contribution in [3.8, 4) is 0 Å². The Balaban J connectivity index is 1.44. The third-order valence-electron chi connectivity index (χ3n) is 5.54. The Morgan fingerprint density at radius 2 is 1.74 bits per heavy atom. The second-order valence-corrected chi connectivity index (χ2v) is 7.48. The first-order valence-electron chi connectivity index (χ1n) is 9.92. The van der Waals surface area contributed by atoms with Gasteiger partial charge in [0.05, 0.1) is 0 Å². The Kier molecular flexibility index (Phi) is 5.53. The Morgan fingerprint density at radius 1 is 1.00 bits per heavy atom. The van der Waals surface area contributed by atoms with Gasteiger partial charge in [-0.15, -0.1) is 0 Å². The third kappa shape index (κ3) is 4.39. The quantitative estimate of drug-likeness (QED) is 0.747. The molecule has 0 N–H and O–H groups in total. The van der Waals surface area contributed by atoms with Gasteiger partial charge in [-0.1, -0.05) is 72.3 Å². The van der Waals surface area contributed by atoms with Crippen molar-refractivity contribution in [1.29, 1.82) is 0 Å². The van der Waals surface area contributed by atoms with Crippen molar-refractivity contribution in [3.63, 3.8) is 0 Å². The molecule has 2 aliphatic rings. The van der Waals surface area contributed by atoms with E-state index in [2.05, 4.69) is 78.1 Å². The van der Waals surface area contributed by atoms with E-state index in [0.29, 0.717) is 5.92 Å². The van der Waals surface area contributed by atoms with Crippen molar-refractivity contribution in [2.24, 2.45) is 0 Å². The molecule has 2 heteroatoms. The highest BCUT2D eigenvalue weighted by molar-refractivity contribution is 5.97. The van der Waals surface area contributed by atoms with Gasteiger partial charge in [0.2, 0.25) is 0 Å². The lowest BCUT2D eigenvalue weighted by Gasteiger charge is -2.33. The summed E-state index contributed by atoms with van der Waals surface area (Å²) in [5, 5.41) is 0. The van der Waals surface area contributed by atoms with Crippen LogP contribution in [0, 0.1) is 6.42 Å². The number of benzene rings is 2. The number of nitrogens with zero attached hydrogens (tertiary/aromatic N) is 1. The van der Waals surface area contributed by atoms with Crippen LogP contribution in [-0.4, -0.2) is 23.9 Å². The molecule has 0 bridgehead atoms. The van der Waals surface area contributed by atoms with E-state index < -0.39 is 0 Å². The molecule has 1 fully saturated rings. The molecule has 1 amide bonds. The van der Waals surface area contributed by atoms with Crippen molar-refractivity contribution in [2.75, 3.05) is 13.1 Å². The van der Waals surface area contributed by atoms with Gasteiger partial charge in [0.1, 0.15) is 0 Å². The van der Waals surface area contributed by atoms with Crippen molar-refractivity contribution in [2.45, 2.75) is 31.6 Å². The number of likely N-dealkylation sites (tertiary alicyclic amines) is 1. The summed E-state index contributed by atoms with van der Waals surface area (Å²) >= 11 is 0. The molecule has 0 spiro atoms. The number of carbonyl (C=O) groups is 1. The van der Waals surface area contributed by atoms with Crippen molar-refractivity contribution in [1.82, 2.24) is 4.90 Å². The van der Waals surface area contributed by atoms with Crippen LogP contribution in [0.5, 0.6) is 0 Å². The highest BCUT2D eigenvalue weighted by Gasteiger charge is 2.26. The van der Waals surface area contributed by atoms with Gasteiger partial charge >= 0.3 is 0 Å². The largest absolute Gasteiger partial charge is 0.338 e. The summed E-state index contributed by atoms with van der Waals surface area (Å²) in [6, 6.07) is 21.1. The Labute approximate surface area is 162 Å². The molecule has 2 aromatic carbocycles. The Morgan fingerprint density at radius 3 is 2.52 bits per heavy atom. The maximum Gasteiger partial charge on any atom is 0.253 e. The summed E-state index contributed by atoms with van der Waals surface area (Å²) in [7, 11) is 0. The van der Waals surface area contributed by atoms with E-state index in [1.54, 1.807) is 0 Å². The van der Waals surface area contributed by atoms with E-state index in [0.717, 1.165) is 44.3 Å². The van der Waals surface area contributed by atoms with Gasteiger partial charge in [0.15, 0.2) is 0 Å². The van der Waals surface area contributed by atoms with Crippen LogP contribution in [-0.2, 0) is 11.2 Å². The topological polar surface area (TPSA) is 20.3 Å². The third-order valence-corrected chi connectivity index (χ3v) is 5.54. The molecule has 2 nitrogen and oxygen atoms in total. The van der Waals surface area contributed by atoms with Crippen LogP contribution in [0.4, 0.5) is 0 Å². The maximum absolute atomic E-state index is 13.1. The molecule has 1 aliphatic heterocycles. The standard InChI is InChI=1S/C25H26NO/c27-25(26-16-8-15-24(19-26)22-12-5-2-6-13-22)23-14-7-11-21(18-23)17-20-9-3-1-4-10-20/h1-6,9-14,18,24H,7-8,15-17,19H2. The highest BCUT2D eigenvalue weighted by Crippen LogP contribution is 2.29. The first-order valence-corrected chi connectivity index (χ1v) is 9.92. The van der Waals surface area contributed by atoms with Crippen molar-refractivity contribution < 1.29 is 4.79 Å². The lowest BCUT2D eigenvalue weighted by atomic mass is 9.89. The summed E-state index contributed by atoms with van der Waals surface area (Å²) < 4.78 is 0. The molecule has 1 aliphatic carbocycles. The van der Waals surface area contributed by atoms with Gasteiger partial charge in [-0.3, -0.25) is 4.79 Å². The Hall–Kier alpha value is -2.61. The number of hydrogen-bond acceptors (Lipinski definition) is 1. The molecule has 137 valence electrons. The van der Waals surface area contributed by atoms with Crippen LogP contribution in [0.3, 0.4) is 0 Å². The summed E-state index contributed by atoms with van der Waals surface area (Å²) in [5.41, 5.74) is 4.73. The monoisotopic (exact) mass is 356 g/mol. The zero-order valence-corrected chi connectivity index (χ0v) is 15.7. The van der Waals surface area contributed by atoms with Gasteiger partial charge in [-0.05, 0) is 49.3 Å². The maximum atomic E-state index is 13.1. The van der Waals surface area contributed by atoms with E-state index in [1.165, 1.54) is 16.7 Å². The number of carbonyl (C=O) groups excluding carboxylic acids is 1. The fourth-order valence-corrected chi connectivity index (χ4v) is 4.10. The minimum atomic E-state index is 0.189. The predicted molar refractivity (Wildman–Crippen MR) is 110 cm³/mol. The lowest BCUT2D eigenvalue weighted by molar-refractivity contribution is -0.128. The first-order chi connectivity index (χ1) is 13.3. The minimum Gasteiger partial charge on any atom is -0.338 e. The molecule has 1 saturated heterocycles. The summed E-state index contributed by atoms with van der Waals surface area (Å²) in [5.74, 6) is 0.640. The number of piperidine rings is 1. The number of allylic oxidation sites excluding steroid dienone is 2. The van der Waals surface area contributed by atoms with E-state index in [-0.39, 0.29) is 5.91 Å². The number of hydrogen-bond donors (Lipinski definition) is 0. The van der Waals surface area contributed by atoms with Gasteiger partial charge in [0.25, 0.3) is 5.91 Å². The molecule has 1 radical (unpaired) electrons. The fourth-order valence-electron chi connectivity index (χ4n) is 4.10. The number of rotatable bonds is 4. The normalized spacial score (nSPS) is 20.0. The SMILES string of the molecule is O=C(C1=CC[CH]C(Cc2ccccc2)=C1)N1CCCC(c2ccccc2)C1. The van der Waals surface area contributed by atoms with Crippen molar-refractivity contribution >= 4 is 5.91 Å². The second kappa shape index (κ2) is 8.39. The zero-order valence-electron chi connectivity index (χ0n) is 15.7. The molecule has 1 unspecified atom stereocenters. The van der Waals surface area contributed by atoms with Crippen LogP contribution in [0.15, 0.2) is 84.0 Å². The molecule has 1 heterocycles. The van der Waals surface area contributed by atoms with E-state index in [1.807, 2.05) is 6.07 Å². The van der Waals surface area contributed by atoms with E-state index >= 15 is 0 Å². The average molecular weight is 356 g/mol. The van der Waals surface area contributed by atoms with Gasteiger partial charge in [-0.25, -0.2) is 0 Å². The van der Waals surface area contributed by atoms with Crippen molar-refractivity contribution in [3.05, 3.63) is 102 Å². The molecule has 1 atom stereocenters. The highest BCUT2D eigenvalue weighted by atomic mass is 16.2. The smallest absolute Gasteiger partial charge is 0.253 e. The summed E-state index contributed by atoms with van der Waals surface area (Å²) in [6.07, 6.45) is 10.4. The van der Waals surface area contributed by atoms with Crippen LogP contribution in [0.2, 0.25) is 0 Å². The van der Waals surface area contributed by atoms with E-state index in [4.69, 9.17) is 0 Å². The molecule has 4 rings (SSSR count). The van der Waals surface area contributed by atoms with Crippen LogP contribution in [0.25, 0.3) is 0 Å². The first kappa shape index (κ1) is 17.8. The number of amides is 1. The van der Waals surface area contributed by atoms with E-state index in [9.17, 15) is 4.79 Å². The van der Waals surface area contributed by atoms with Crippen LogP contribution < -0.4 is 0 Å². The molecular weight excluding hydrogens is 330 g/mol. The molecule has 2 aromatic rings. The molecule has 0 aromatic heterocycles. The lowest BCUT2D eigenvalue weighted by Crippen LogP contribution is -2.39. The fraction of sp³-hybridized carbons (Fsp3) is 0.280. The molecule has 0 saturated carbocycles. The Bertz CT molecular complexity index is 835. The predicted octanol–water partition coefficient (Wildman–Crippen LogP) is 5.10. The van der Waals surface area contributed by atoms with Gasteiger partial charge < -0.3 is 4.90 Å². The van der Waals surface area contributed by atoms with Crippen LogP contribution in [0.1, 0.15) is 36.3 Å². The summed E-state index contributed by atoms with van der Waals surface area (Å²) in [6.45, 7) is 1.69. The van der Waals surface area contributed by atoms with Gasteiger partial charge in [-0.2, -0.15) is 0 Å². The molecular formula is C25H26NO. The minimum absolute atomic E-state index is 0.189. The summed E-state index contributed by atoms with van der Waals surface area (Å²) in [4.78, 5) is 15.2. The second-order valence-electron chi connectivity index (χ2n) is 7.48. The average Bonchev–Trinajstić information content (AvgIpc) is 2.75.